The van der Waals surface area contributed by atoms with Gasteiger partial charge in [-0.2, -0.15) is 17.0 Å². The van der Waals surface area contributed by atoms with Crippen LogP contribution in [0.4, 0.5) is 4.39 Å². The minimum absolute atomic E-state index is 0.166. The second-order valence-electron chi connectivity index (χ2n) is 6.69. The number of hydrogen-bond acceptors (Lipinski definition) is 3. The maximum atomic E-state index is 13.0. The number of carbonyl (C=O) groups excluding carboxylic acids is 1. The molecule has 1 amide bonds. The Hall–Kier alpha value is -1.51. The second kappa shape index (κ2) is 8.73. The highest BCUT2D eigenvalue weighted by Gasteiger charge is 2.34. The van der Waals surface area contributed by atoms with Crippen molar-refractivity contribution < 1.29 is 17.6 Å². The van der Waals surface area contributed by atoms with Gasteiger partial charge in [-0.15, -0.1) is 0 Å². The SMILES string of the molecule is CC(C)CCNC(=O)CN1CCCN(Cc2ccc(F)cc2)S1(=O)=O. The first-order chi connectivity index (χ1) is 11.8. The van der Waals surface area contributed by atoms with E-state index in [0.29, 0.717) is 37.5 Å². The molecule has 1 N–H and O–H groups in total. The molecule has 0 aromatic heterocycles. The fourth-order valence-corrected chi connectivity index (χ4v) is 4.29. The van der Waals surface area contributed by atoms with Crippen molar-refractivity contribution in [1.82, 2.24) is 13.9 Å². The van der Waals surface area contributed by atoms with Crippen molar-refractivity contribution in [3.63, 3.8) is 0 Å². The smallest absolute Gasteiger partial charge is 0.282 e. The van der Waals surface area contributed by atoms with Crippen molar-refractivity contribution in [3.05, 3.63) is 35.6 Å². The van der Waals surface area contributed by atoms with Crippen LogP contribution >= 0.6 is 0 Å². The van der Waals surface area contributed by atoms with Crippen molar-refractivity contribution in [2.75, 3.05) is 26.2 Å². The van der Waals surface area contributed by atoms with Crippen molar-refractivity contribution in [3.8, 4) is 0 Å². The summed E-state index contributed by atoms with van der Waals surface area (Å²) >= 11 is 0. The third kappa shape index (κ3) is 5.76. The van der Waals surface area contributed by atoms with Gasteiger partial charge < -0.3 is 5.32 Å². The summed E-state index contributed by atoms with van der Waals surface area (Å²) in [4.78, 5) is 12.0. The van der Waals surface area contributed by atoms with E-state index in [1.165, 1.54) is 20.7 Å². The molecule has 0 atom stereocenters. The van der Waals surface area contributed by atoms with E-state index in [1.807, 2.05) is 0 Å². The van der Waals surface area contributed by atoms with E-state index in [-0.39, 0.29) is 24.8 Å². The van der Waals surface area contributed by atoms with Gasteiger partial charge in [0.15, 0.2) is 0 Å². The molecular formula is C17H26FN3O3S. The first-order valence-corrected chi connectivity index (χ1v) is 9.95. The van der Waals surface area contributed by atoms with Crippen LogP contribution in [0.15, 0.2) is 24.3 Å². The van der Waals surface area contributed by atoms with Crippen LogP contribution in [0.1, 0.15) is 32.3 Å². The van der Waals surface area contributed by atoms with Crippen molar-refractivity contribution >= 4 is 16.1 Å². The minimum Gasteiger partial charge on any atom is -0.355 e. The summed E-state index contributed by atoms with van der Waals surface area (Å²) in [7, 11) is -3.70. The van der Waals surface area contributed by atoms with Crippen LogP contribution in [-0.2, 0) is 21.5 Å². The van der Waals surface area contributed by atoms with Crippen LogP contribution in [0, 0.1) is 11.7 Å². The van der Waals surface area contributed by atoms with Crippen LogP contribution < -0.4 is 5.32 Å². The predicted molar refractivity (Wildman–Crippen MR) is 94.4 cm³/mol. The normalized spacial score (nSPS) is 18.4. The lowest BCUT2D eigenvalue weighted by molar-refractivity contribution is -0.121. The zero-order valence-electron chi connectivity index (χ0n) is 14.7. The molecule has 25 heavy (non-hydrogen) atoms. The number of halogens is 1. The van der Waals surface area contributed by atoms with E-state index in [4.69, 9.17) is 0 Å². The fourth-order valence-electron chi connectivity index (χ4n) is 2.65. The number of nitrogens with one attached hydrogen (secondary N) is 1. The highest BCUT2D eigenvalue weighted by Crippen LogP contribution is 2.19. The molecule has 0 radical (unpaired) electrons. The molecule has 1 aromatic carbocycles. The summed E-state index contributed by atoms with van der Waals surface area (Å²) in [5.74, 6) is -0.164. The van der Waals surface area contributed by atoms with Gasteiger partial charge in [0.1, 0.15) is 5.82 Å². The molecule has 8 heteroatoms. The number of rotatable bonds is 7. The molecule has 140 valence electrons. The molecule has 1 aliphatic heterocycles. The first-order valence-electron chi connectivity index (χ1n) is 8.55. The molecule has 0 spiro atoms. The molecule has 1 saturated heterocycles. The summed E-state index contributed by atoms with van der Waals surface area (Å²) in [5.41, 5.74) is 0.716. The standard InChI is InChI=1S/C17H26FN3O3S/c1-14(2)8-9-19-17(22)13-21-11-3-10-20(25(21,23)24)12-15-4-6-16(18)7-5-15/h4-7,14H,3,8-13H2,1-2H3,(H,19,22). The first kappa shape index (κ1) is 19.8. The highest BCUT2D eigenvalue weighted by molar-refractivity contribution is 7.86. The molecule has 1 fully saturated rings. The molecular weight excluding hydrogens is 345 g/mol. The van der Waals surface area contributed by atoms with Gasteiger partial charge in [-0.05, 0) is 36.5 Å². The average Bonchev–Trinajstić information content (AvgIpc) is 2.53. The Morgan fingerprint density at radius 3 is 2.48 bits per heavy atom. The molecule has 0 unspecified atom stereocenters. The molecule has 1 aromatic rings. The second-order valence-corrected chi connectivity index (χ2v) is 8.62. The maximum Gasteiger partial charge on any atom is 0.282 e. The molecule has 2 rings (SSSR count). The van der Waals surface area contributed by atoms with Gasteiger partial charge in [-0.3, -0.25) is 4.79 Å². The Balaban J connectivity index is 1.96. The Labute approximate surface area is 149 Å². The van der Waals surface area contributed by atoms with Crippen LogP contribution in [0.25, 0.3) is 0 Å². The van der Waals surface area contributed by atoms with Crippen molar-refractivity contribution in [1.29, 1.82) is 0 Å². The van der Waals surface area contributed by atoms with Crippen molar-refractivity contribution in [2.45, 2.75) is 33.2 Å². The summed E-state index contributed by atoms with van der Waals surface area (Å²) in [5, 5.41) is 2.76. The van der Waals surface area contributed by atoms with Gasteiger partial charge in [0, 0.05) is 26.2 Å². The number of amides is 1. The zero-order valence-corrected chi connectivity index (χ0v) is 15.6. The minimum atomic E-state index is -3.70. The van der Waals surface area contributed by atoms with E-state index in [0.717, 1.165) is 6.42 Å². The van der Waals surface area contributed by atoms with Gasteiger partial charge in [0.05, 0.1) is 6.54 Å². The third-order valence-electron chi connectivity index (χ3n) is 4.10. The average molecular weight is 371 g/mol. The monoisotopic (exact) mass is 371 g/mol. The fraction of sp³-hybridized carbons (Fsp3) is 0.588. The lowest BCUT2D eigenvalue weighted by Crippen LogP contribution is -2.52. The Bertz CT molecular complexity index is 677. The summed E-state index contributed by atoms with van der Waals surface area (Å²) < 4.78 is 40.9. The van der Waals surface area contributed by atoms with E-state index in [2.05, 4.69) is 19.2 Å². The van der Waals surface area contributed by atoms with Gasteiger partial charge in [-0.1, -0.05) is 26.0 Å². The van der Waals surface area contributed by atoms with E-state index < -0.39 is 10.2 Å². The quantitative estimate of drug-likeness (QED) is 0.794. The van der Waals surface area contributed by atoms with Crippen LogP contribution in [0.5, 0.6) is 0 Å². The van der Waals surface area contributed by atoms with Gasteiger partial charge >= 0.3 is 0 Å². The van der Waals surface area contributed by atoms with E-state index in [1.54, 1.807) is 12.1 Å². The molecule has 1 heterocycles. The van der Waals surface area contributed by atoms with E-state index >= 15 is 0 Å². The number of hydrogen-bond donors (Lipinski definition) is 1. The lowest BCUT2D eigenvalue weighted by Gasteiger charge is -2.34. The number of benzene rings is 1. The van der Waals surface area contributed by atoms with Crippen LogP contribution in [0.2, 0.25) is 0 Å². The third-order valence-corrected chi connectivity index (χ3v) is 6.03. The van der Waals surface area contributed by atoms with Gasteiger partial charge in [0.2, 0.25) is 5.91 Å². The Kier molecular flexibility index (Phi) is 6.92. The summed E-state index contributed by atoms with van der Waals surface area (Å²) in [6.07, 6.45) is 1.51. The maximum absolute atomic E-state index is 13.0. The zero-order chi connectivity index (χ0) is 18.4. The Morgan fingerprint density at radius 2 is 1.84 bits per heavy atom. The number of carbonyl (C=O) groups is 1. The van der Waals surface area contributed by atoms with E-state index in [9.17, 15) is 17.6 Å². The van der Waals surface area contributed by atoms with Crippen molar-refractivity contribution in [2.24, 2.45) is 5.92 Å². The molecule has 0 aliphatic carbocycles. The number of nitrogens with zero attached hydrogens (tertiary/aromatic N) is 2. The van der Waals surface area contributed by atoms with Gasteiger partial charge in [-0.25, -0.2) is 4.39 Å². The van der Waals surface area contributed by atoms with Crippen LogP contribution in [-0.4, -0.2) is 49.1 Å². The molecule has 0 saturated carbocycles. The Morgan fingerprint density at radius 1 is 1.20 bits per heavy atom. The van der Waals surface area contributed by atoms with Crippen LogP contribution in [0.3, 0.4) is 0 Å². The summed E-state index contributed by atoms with van der Waals surface area (Å²) in [6, 6.07) is 5.77. The predicted octanol–water partition coefficient (Wildman–Crippen LogP) is 1.74. The molecule has 6 nitrogen and oxygen atoms in total. The summed E-state index contributed by atoms with van der Waals surface area (Å²) in [6.45, 7) is 5.41. The molecule has 0 bridgehead atoms. The highest BCUT2D eigenvalue weighted by atomic mass is 32.2. The molecule has 1 aliphatic rings. The van der Waals surface area contributed by atoms with Gasteiger partial charge in [0.25, 0.3) is 10.2 Å². The largest absolute Gasteiger partial charge is 0.355 e. The topological polar surface area (TPSA) is 69.7 Å². The lowest BCUT2D eigenvalue weighted by atomic mass is 10.1.